The summed E-state index contributed by atoms with van der Waals surface area (Å²) in [6, 6.07) is 7.80. The lowest BCUT2D eigenvalue weighted by Gasteiger charge is -2.15. The molecule has 0 spiro atoms. The summed E-state index contributed by atoms with van der Waals surface area (Å²) in [6.45, 7) is 6.32. The van der Waals surface area contributed by atoms with Crippen LogP contribution in [0.15, 0.2) is 24.3 Å². The molecule has 0 bridgehead atoms. The van der Waals surface area contributed by atoms with Crippen molar-refractivity contribution < 1.29 is 13.6 Å². The molecule has 1 heterocycles. The number of benzene rings is 1. The van der Waals surface area contributed by atoms with Gasteiger partial charge in [-0.05, 0) is 32.4 Å². The molecule has 0 aliphatic carbocycles. The third-order valence-corrected chi connectivity index (χ3v) is 4.77. The maximum absolute atomic E-state index is 12.6. The fraction of sp³-hybridized carbons (Fsp3) is 0.385. The van der Waals surface area contributed by atoms with Crippen LogP contribution in [0.5, 0.6) is 0 Å². The molecule has 18 heavy (non-hydrogen) atoms. The van der Waals surface area contributed by atoms with Gasteiger partial charge >= 0.3 is 7.60 Å². The lowest BCUT2D eigenvalue weighted by molar-refractivity contribution is 0.229. The van der Waals surface area contributed by atoms with Crippen LogP contribution in [-0.4, -0.2) is 18.2 Å². The normalized spacial score (nSPS) is 12.2. The molecule has 0 aliphatic rings. The van der Waals surface area contributed by atoms with Gasteiger partial charge in [0, 0.05) is 10.9 Å². The monoisotopic (exact) mass is 267 g/mol. The first-order chi connectivity index (χ1) is 8.60. The van der Waals surface area contributed by atoms with E-state index in [0.29, 0.717) is 18.6 Å². The number of hydrogen-bond donors (Lipinski definition) is 1. The Hall–Kier alpha value is -1.09. The molecule has 98 valence electrons. The van der Waals surface area contributed by atoms with Gasteiger partial charge in [0.05, 0.1) is 13.2 Å². The van der Waals surface area contributed by atoms with Gasteiger partial charge in [-0.25, -0.2) is 0 Å². The Balaban J connectivity index is 2.51. The van der Waals surface area contributed by atoms with E-state index in [0.717, 1.165) is 16.5 Å². The first-order valence-electron chi connectivity index (χ1n) is 6.08. The molecule has 0 radical (unpaired) electrons. The molecular formula is C13H18NO3P. The van der Waals surface area contributed by atoms with Crippen molar-refractivity contribution in [3.63, 3.8) is 0 Å². The lowest BCUT2D eigenvalue weighted by Crippen LogP contribution is -2.11. The van der Waals surface area contributed by atoms with Crippen molar-refractivity contribution >= 4 is 23.9 Å². The Bertz CT molecular complexity index is 581. The second-order valence-corrected chi connectivity index (χ2v) is 6.02. The predicted octanol–water partition coefficient (Wildman–Crippen LogP) is 3.37. The third-order valence-electron chi connectivity index (χ3n) is 2.74. The van der Waals surface area contributed by atoms with Crippen LogP contribution in [0, 0.1) is 6.92 Å². The molecule has 0 saturated heterocycles. The van der Waals surface area contributed by atoms with Gasteiger partial charge in [-0.3, -0.25) is 4.57 Å². The Morgan fingerprint density at radius 3 is 2.44 bits per heavy atom. The van der Waals surface area contributed by atoms with Gasteiger partial charge < -0.3 is 14.0 Å². The number of rotatable bonds is 5. The first-order valence-corrected chi connectivity index (χ1v) is 7.63. The van der Waals surface area contributed by atoms with Crippen molar-refractivity contribution in [2.75, 3.05) is 13.2 Å². The highest BCUT2D eigenvalue weighted by Crippen LogP contribution is 2.47. The van der Waals surface area contributed by atoms with Crippen LogP contribution in [0.4, 0.5) is 0 Å². The van der Waals surface area contributed by atoms with E-state index < -0.39 is 7.60 Å². The van der Waals surface area contributed by atoms with Crippen LogP contribution in [0.25, 0.3) is 10.9 Å². The minimum atomic E-state index is -3.22. The summed E-state index contributed by atoms with van der Waals surface area (Å²) in [5.41, 5.74) is 2.61. The van der Waals surface area contributed by atoms with E-state index in [1.54, 1.807) is 13.8 Å². The van der Waals surface area contributed by atoms with Crippen LogP contribution < -0.4 is 5.44 Å². The summed E-state index contributed by atoms with van der Waals surface area (Å²) in [7, 11) is -3.22. The van der Waals surface area contributed by atoms with E-state index >= 15 is 0 Å². The number of para-hydroxylation sites is 1. The molecule has 1 N–H and O–H groups in total. The maximum Gasteiger partial charge on any atom is 0.377 e. The first kappa shape index (κ1) is 13.3. The van der Waals surface area contributed by atoms with Crippen molar-refractivity contribution in [1.29, 1.82) is 0 Å². The van der Waals surface area contributed by atoms with E-state index in [-0.39, 0.29) is 0 Å². The van der Waals surface area contributed by atoms with Crippen molar-refractivity contribution in [2.45, 2.75) is 20.8 Å². The second-order valence-electron chi connectivity index (χ2n) is 4.03. The standard InChI is InChI=1S/C13H18NO3P/c1-4-16-18(15,17-5-2)12-9-11-8-6-7-10(3)13(11)14-12/h6-9,14H,4-5H2,1-3H3. The van der Waals surface area contributed by atoms with Crippen LogP contribution in [0.3, 0.4) is 0 Å². The Kier molecular flexibility index (Phi) is 3.91. The molecule has 0 unspecified atom stereocenters. The quantitative estimate of drug-likeness (QED) is 0.845. The number of aryl methyl sites for hydroxylation is 1. The van der Waals surface area contributed by atoms with Gasteiger partial charge in [0.25, 0.3) is 0 Å². The number of aromatic nitrogens is 1. The molecule has 0 aliphatic heterocycles. The predicted molar refractivity (Wildman–Crippen MR) is 73.5 cm³/mol. The summed E-state index contributed by atoms with van der Waals surface area (Å²) in [5.74, 6) is 0. The Labute approximate surface area is 107 Å². The van der Waals surface area contributed by atoms with Gasteiger partial charge in [-0.15, -0.1) is 0 Å². The number of aromatic amines is 1. The minimum Gasteiger partial charge on any atom is -0.348 e. The van der Waals surface area contributed by atoms with E-state index in [1.165, 1.54) is 0 Å². The number of nitrogens with one attached hydrogen (secondary N) is 1. The average Bonchev–Trinajstić information content (AvgIpc) is 2.75. The molecule has 1 aromatic heterocycles. The van der Waals surface area contributed by atoms with Crippen LogP contribution in [-0.2, 0) is 13.6 Å². The molecule has 2 rings (SSSR count). The van der Waals surface area contributed by atoms with E-state index in [4.69, 9.17) is 9.05 Å². The van der Waals surface area contributed by atoms with Crippen molar-refractivity contribution in [3.8, 4) is 0 Å². The van der Waals surface area contributed by atoms with Crippen LogP contribution in [0.1, 0.15) is 19.4 Å². The highest BCUT2D eigenvalue weighted by Gasteiger charge is 2.28. The molecule has 0 saturated carbocycles. The number of hydrogen-bond acceptors (Lipinski definition) is 3. The van der Waals surface area contributed by atoms with Gasteiger partial charge in [0.15, 0.2) is 0 Å². The Morgan fingerprint density at radius 2 is 1.89 bits per heavy atom. The topological polar surface area (TPSA) is 51.3 Å². The summed E-state index contributed by atoms with van der Waals surface area (Å²) >= 11 is 0. The molecule has 4 nitrogen and oxygen atoms in total. The highest BCUT2D eigenvalue weighted by atomic mass is 31.2. The van der Waals surface area contributed by atoms with Gasteiger partial charge in [-0.2, -0.15) is 0 Å². The van der Waals surface area contributed by atoms with Crippen molar-refractivity contribution in [3.05, 3.63) is 29.8 Å². The molecule has 2 aromatic rings. The zero-order valence-corrected chi connectivity index (χ0v) is 11.8. The summed E-state index contributed by atoms with van der Waals surface area (Å²) in [4.78, 5) is 3.16. The molecular weight excluding hydrogens is 249 g/mol. The van der Waals surface area contributed by atoms with Crippen LogP contribution >= 0.6 is 7.60 Å². The summed E-state index contributed by atoms with van der Waals surface area (Å²) in [5, 5.41) is 1.02. The largest absolute Gasteiger partial charge is 0.377 e. The van der Waals surface area contributed by atoms with Gasteiger partial charge in [0.1, 0.15) is 5.44 Å². The highest BCUT2D eigenvalue weighted by molar-refractivity contribution is 7.62. The minimum absolute atomic E-state index is 0.353. The van der Waals surface area contributed by atoms with Crippen LogP contribution in [0.2, 0.25) is 0 Å². The maximum atomic E-state index is 12.6. The van der Waals surface area contributed by atoms with Gasteiger partial charge in [-0.1, -0.05) is 18.2 Å². The van der Waals surface area contributed by atoms with Crippen molar-refractivity contribution in [2.24, 2.45) is 0 Å². The summed E-state index contributed by atoms with van der Waals surface area (Å²) < 4.78 is 23.3. The fourth-order valence-electron chi connectivity index (χ4n) is 1.96. The Morgan fingerprint density at radius 1 is 1.22 bits per heavy atom. The third kappa shape index (κ3) is 2.37. The second kappa shape index (κ2) is 5.27. The molecule has 0 amide bonds. The fourth-order valence-corrected chi connectivity index (χ4v) is 3.54. The number of fused-ring (bicyclic) bond motifs is 1. The van der Waals surface area contributed by atoms with Gasteiger partial charge in [0.2, 0.25) is 0 Å². The molecule has 0 fully saturated rings. The summed E-state index contributed by atoms with van der Waals surface area (Å²) in [6.07, 6.45) is 0. The van der Waals surface area contributed by atoms with Crippen molar-refractivity contribution in [1.82, 2.24) is 4.98 Å². The SMILES string of the molecule is CCOP(=O)(OCC)c1cc2cccc(C)c2[nH]1. The van der Waals surface area contributed by atoms with E-state index in [1.807, 2.05) is 31.2 Å². The zero-order chi connectivity index (χ0) is 13.2. The molecule has 5 heteroatoms. The van der Waals surface area contributed by atoms with E-state index in [2.05, 4.69) is 4.98 Å². The lowest BCUT2D eigenvalue weighted by atomic mass is 10.2. The molecule has 1 aromatic carbocycles. The van der Waals surface area contributed by atoms with E-state index in [9.17, 15) is 4.57 Å². The number of H-pyrrole nitrogens is 1. The zero-order valence-electron chi connectivity index (χ0n) is 10.9. The average molecular weight is 267 g/mol. The molecule has 0 atom stereocenters. The smallest absolute Gasteiger partial charge is 0.348 e.